The van der Waals surface area contributed by atoms with E-state index >= 15 is 0 Å². The molecule has 21 heavy (non-hydrogen) atoms. The maximum absolute atomic E-state index is 11.9. The molecule has 1 heterocycles. The Morgan fingerprint density at radius 2 is 1.95 bits per heavy atom. The predicted molar refractivity (Wildman–Crippen MR) is 81.4 cm³/mol. The van der Waals surface area contributed by atoms with Gasteiger partial charge in [0.15, 0.2) is 6.61 Å². The van der Waals surface area contributed by atoms with Crippen molar-refractivity contribution in [2.75, 3.05) is 11.9 Å². The van der Waals surface area contributed by atoms with Gasteiger partial charge in [0.05, 0.1) is 0 Å². The summed E-state index contributed by atoms with van der Waals surface area (Å²) >= 11 is 0. The number of rotatable bonds is 4. The van der Waals surface area contributed by atoms with Gasteiger partial charge in [-0.3, -0.25) is 9.78 Å². The zero-order chi connectivity index (χ0) is 14.5. The molecule has 1 aromatic carbocycles. The molecule has 2 aromatic rings. The Bertz CT molecular complexity index is 626. The molecular weight excluding hydrogens is 264 g/mol. The fourth-order valence-electron chi connectivity index (χ4n) is 2.59. The summed E-state index contributed by atoms with van der Waals surface area (Å²) < 4.78 is 5.69. The molecule has 0 radical (unpaired) electrons. The maximum atomic E-state index is 11.9. The third-order valence-electron chi connectivity index (χ3n) is 3.61. The predicted octanol–water partition coefficient (Wildman–Crippen LogP) is 2.98. The number of nitrogens with zero attached hydrogens (tertiary/aromatic N) is 1. The highest BCUT2D eigenvalue weighted by Crippen LogP contribution is 2.27. The lowest BCUT2D eigenvalue weighted by Gasteiger charge is -2.18. The molecule has 1 aliphatic rings. The van der Waals surface area contributed by atoms with Gasteiger partial charge in [-0.25, -0.2) is 0 Å². The fraction of sp³-hybridized carbons (Fsp3) is 0.294. The molecule has 0 bridgehead atoms. The van der Waals surface area contributed by atoms with Gasteiger partial charge >= 0.3 is 0 Å². The van der Waals surface area contributed by atoms with E-state index in [1.165, 1.54) is 6.42 Å². The quantitative estimate of drug-likeness (QED) is 0.938. The topological polar surface area (TPSA) is 51.2 Å². The summed E-state index contributed by atoms with van der Waals surface area (Å²) in [5.74, 6) is 0.644. The summed E-state index contributed by atoms with van der Waals surface area (Å²) in [6.07, 6.45) is 6.08. The van der Waals surface area contributed by atoms with Crippen LogP contribution in [0.3, 0.4) is 0 Å². The van der Waals surface area contributed by atoms with Crippen molar-refractivity contribution >= 4 is 11.6 Å². The number of fused-ring (bicyclic) bond motifs is 1. The Morgan fingerprint density at radius 3 is 2.81 bits per heavy atom. The van der Waals surface area contributed by atoms with Crippen molar-refractivity contribution in [2.45, 2.75) is 25.7 Å². The molecule has 108 valence electrons. The van der Waals surface area contributed by atoms with Crippen LogP contribution in [0.15, 0.2) is 42.6 Å². The number of pyridine rings is 1. The number of aromatic nitrogens is 1. The van der Waals surface area contributed by atoms with Gasteiger partial charge in [0, 0.05) is 23.1 Å². The number of hydrogen-bond donors (Lipinski definition) is 1. The standard InChI is InChI=1S/C17H18N2O2/c20-17(19-13-6-2-1-3-7-13)12-21-16-10-11-18-15-9-5-4-8-14(15)16/h1-3,6-7,10-11H,4-5,8-9,12H2,(H,19,20). The number of anilines is 1. The van der Waals surface area contributed by atoms with E-state index in [9.17, 15) is 4.79 Å². The van der Waals surface area contributed by atoms with Crippen molar-refractivity contribution in [1.29, 1.82) is 0 Å². The monoisotopic (exact) mass is 282 g/mol. The third-order valence-corrected chi connectivity index (χ3v) is 3.61. The van der Waals surface area contributed by atoms with Crippen LogP contribution in [-0.2, 0) is 17.6 Å². The molecular formula is C17H18N2O2. The smallest absolute Gasteiger partial charge is 0.262 e. The van der Waals surface area contributed by atoms with Crippen LogP contribution in [0.5, 0.6) is 5.75 Å². The van der Waals surface area contributed by atoms with Gasteiger partial charge in [-0.2, -0.15) is 0 Å². The number of ether oxygens (including phenoxy) is 1. The first-order valence-electron chi connectivity index (χ1n) is 7.27. The van der Waals surface area contributed by atoms with Gasteiger partial charge < -0.3 is 10.1 Å². The summed E-state index contributed by atoms with van der Waals surface area (Å²) in [5.41, 5.74) is 3.06. The number of nitrogens with one attached hydrogen (secondary N) is 1. The first kappa shape index (κ1) is 13.6. The zero-order valence-corrected chi connectivity index (χ0v) is 11.8. The number of aryl methyl sites for hydroxylation is 1. The Kier molecular flexibility index (Phi) is 4.15. The van der Waals surface area contributed by atoms with Crippen molar-refractivity contribution in [3.8, 4) is 5.75 Å². The van der Waals surface area contributed by atoms with Gasteiger partial charge in [0.2, 0.25) is 0 Å². The number of hydrogen-bond acceptors (Lipinski definition) is 3. The van der Waals surface area contributed by atoms with Gasteiger partial charge in [-0.05, 0) is 43.9 Å². The average Bonchev–Trinajstić information content (AvgIpc) is 2.54. The fourth-order valence-corrected chi connectivity index (χ4v) is 2.59. The number of carbonyl (C=O) groups excluding carboxylic acids is 1. The molecule has 0 fully saturated rings. The van der Waals surface area contributed by atoms with Gasteiger partial charge in [-0.15, -0.1) is 0 Å². The van der Waals surface area contributed by atoms with Crippen LogP contribution in [0.1, 0.15) is 24.1 Å². The molecule has 0 saturated carbocycles. The summed E-state index contributed by atoms with van der Waals surface area (Å²) in [7, 11) is 0. The Balaban J connectivity index is 1.61. The lowest BCUT2D eigenvalue weighted by atomic mass is 9.95. The molecule has 1 amide bonds. The van der Waals surface area contributed by atoms with Crippen LogP contribution in [0.4, 0.5) is 5.69 Å². The lowest BCUT2D eigenvalue weighted by molar-refractivity contribution is -0.118. The minimum absolute atomic E-state index is 0.0192. The largest absolute Gasteiger partial charge is 0.483 e. The van der Waals surface area contributed by atoms with E-state index in [1.54, 1.807) is 6.20 Å². The van der Waals surface area contributed by atoms with E-state index in [1.807, 2.05) is 36.4 Å². The second-order valence-electron chi connectivity index (χ2n) is 5.14. The Hall–Kier alpha value is -2.36. The first-order valence-corrected chi connectivity index (χ1v) is 7.27. The second kappa shape index (κ2) is 6.39. The molecule has 3 rings (SSSR count). The van der Waals surface area contributed by atoms with Gasteiger partial charge in [0.25, 0.3) is 5.91 Å². The van der Waals surface area contributed by atoms with Crippen LogP contribution in [0.25, 0.3) is 0 Å². The van der Waals surface area contributed by atoms with E-state index in [4.69, 9.17) is 4.74 Å². The zero-order valence-electron chi connectivity index (χ0n) is 11.8. The minimum atomic E-state index is -0.150. The van der Waals surface area contributed by atoms with Crippen LogP contribution in [0, 0.1) is 0 Å². The van der Waals surface area contributed by atoms with Crippen LogP contribution in [0.2, 0.25) is 0 Å². The van der Waals surface area contributed by atoms with E-state index in [-0.39, 0.29) is 12.5 Å². The van der Waals surface area contributed by atoms with E-state index in [0.29, 0.717) is 0 Å². The Labute approximate surface area is 124 Å². The van der Waals surface area contributed by atoms with Crippen LogP contribution in [-0.4, -0.2) is 17.5 Å². The molecule has 1 aromatic heterocycles. The highest BCUT2D eigenvalue weighted by Gasteiger charge is 2.15. The van der Waals surface area contributed by atoms with E-state index in [0.717, 1.165) is 42.0 Å². The van der Waals surface area contributed by atoms with E-state index < -0.39 is 0 Å². The number of benzene rings is 1. The van der Waals surface area contributed by atoms with E-state index in [2.05, 4.69) is 10.3 Å². The SMILES string of the molecule is O=C(COc1ccnc2c1CCCC2)Nc1ccccc1. The summed E-state index contributed by atoms with van der Waals surface area (Å²) in [6.45, 7) is 0.0192. The molecule has 0 spiro atoms. The molecule has 1 aliphatic carbocycles. The molecule has 0 aliphatic heterocycles. The van der Waals surface area contributed by atoms with Crippen LogP contribution < -0.4 is 10.1 Å². The maximum Gasteiger partial charge on any atom is 0.262 e. The number of para-hydroxylation sites is 1. The Morgan fingerprint density at radius 1 is 1.14 bits per heavy atom. The highest BCUT2D eigenvalue weighted by atomic mass is 16.5. The highest BCUT2D eigenvalue weighted by molar-refractivity contribution is 5.91. The molecule has 0 atom stereocenters. The normalized spacial score (nSPS) is 13.3. The van der Waals surface area contributed by atoms with Crippen LogP contribution >= 0.6 is 0 Å². The van der Waals surface area contributed by atoms with Gasteiger partial charge in [0.1, 0.15) is 5.75 Å². The lowest BCUT2D eigenvalue weighted by Crippen LogP contribution is -2.21. The number of amides is 1. The second-order valence-corrected chi connectivity index (χ2v) is 5.14. The van der Waals surface area contributed by atoms with Crippen molar-refractivity contribution in [3.05, 3.63) is 53.9 Å². The average molecular weight is 282 g/mol. The van der Waals surface area contributed by atoms with Crippen molar-refractivity contribution in [3.63, 3.8) is 0 Å². The third kappa shape index (κ3) is 3.40. The first-order chi connectivity index (χ1) is 10.3. The summed E-state index contributed by atoms with van der Waals surface area (Å²) in [4.78, 5) is 16.3. The molecule has 4 nitrogen and oxygen atoms in total. The number of carbonyl (C=O) groups is 1. The molecule has 1 N–H and O–H groups in total. The summed E-state index contributed by atoms with van der Waals surface area (Å²) in [6, 6.07) is 11.2. The molecule has 4 heteroatoms. The molecule has 0 unspecified atom stereocenters. The summed E-state index contributed by atoms with van der Waals surface area (Å²) in [5, 5.41) is 2.81. The van der Waals surface area contributed by atoms with Crippen molar-refractivity contribution < 1.29 is 9.53 Å². The van der Waals surface area contributed by atoms with Crippen molar-refractivity contribution in [1.82, 2.24) is 4.98 Å². The van der Waals surface area contributed by atoms with Crippen molar-refractivity contribution in [2.24, 2.45) is 0 Å². The molecule has 0 saturated heterocycles. The minimum Gasteiger partial charge on any atom is -0.483 e. The van der Waals surface area contributed by atoms with Gasteiger partial charge in [-0.1, -0.05) is 18.2 Å².